The fourth-order valence-corrected chi connectivity index (χ4v) is 3.99. The topological polar surface area (TPSA) is 52.0 Å². The van der Waals surface area contributed by atoms with Crippen LogP contribution in [0.5, 0.6) is 0 Å². The molecule has 0 amide bonds. The number of hydrogen-bond acceptors (Lipinski definition) is 2. The van der Waals surface area contributed by atoms with Crippen LogP contribution in [0.3, 0.4) is 0 Å². The molecule has 2 nitrogen and oxygen atoms in total. The Morgan fingerprint density at radius 2 is 1.24 bits per heavy atom. The van der Waals surface area contributed by atoms with Crippen molar-refractivity contribution in [2.45, 2.75) is 142 Å². The summed E-state index contributed by atoms with van der Waals surface area (Å²) in [7, 11) is 0. The summed E-state index contributed by atoms with van der Waals surface area (Å²) in [5.74, 6) is 0.745. The van der Waals surface area contributed by atoms with E-state index in [1.54, 1.807) is 0 Å². The molecule has 0 rings (SSSR count). The van der Waals surface area contributed by atoms with Gasteiger partial charge in [-0.25, -0.2) is 0 Å². The fraction of sp³-hybridized carbons (Fsp3) is 1.00. The maximum Gasteiger partial charge on any atom is 0.0151 e. The van der Waals surface area contributed by atoms with Gasteiger partial charge in [0.05, 0.1) is 0 Å². The van der Waals surface area contributed by atoms with Crippen molar-refractivity contribution in [1.82, 2.24) is 0 Å². The van der Waals surface area contributed by atoms with Crippen molar-refractivity contribution in [3.8, 4) is 0 Å². The van der Waals surface area contributed by atoms with Crippen LogP contribution in [0.4, 0.5) is 0 Å². The van der Waals surface area contributed by atoms with Crippen LogP contribution in [-0.2, 0) is 0 Å². The van der Waals surface area contributed by atoms with Gasteiger partial charge in [0.15, 0.2) is 0 Å². The zero-order valence-electron chi connectivity index (χ0n) is 18.1. The predicted octanol–water partition coefficient (Wildman–Crippen LogP) is 6.95. The molecule has 0 radical (unpaired) electrons. The van der Waals surface area contributed by atoms with Crippen LogP contribution in [0.1, 0.15) is 130 Å². The Morgan fingerprint density at radius 3 is 1.80 bits per heavy atom. The summed E-state index contributed by atoms with van der Waals surface area (Å²) in [6.07, 6.45) is 20.6. The van der Waals surface area contributed by atoms with Gasteiger partial charge < -0.3 is 11.5 Å². The fourth-order valence-electron chi connectivity index (χ4n) is 3.99. The Balaban J connectivity index is 3.66. The summed E-state index contributed by atoms with van der Waals surface area (Å²) < 4.78 is 0. The lowest BCUT2D eigenvalue weighted by Crippen LogP contribution is -2.38. The molecule has 0 aromatic heterocycles. The summed E-state index contributed by atoms with van der Waals surface area (Å²) in [5.41, 5.74) is 13.1. The van der Waals surface area contributed by atoms with Gasteiger partial charge in [0.25, 0.3) is 0 Å². The van der Waals surface area contributed by atoms with E-state index < -0.39 is 0 Å². The molecule has 0 aliphatic heterocycles. The summed E-state index contributed by atoms with van der Waals surface area (Å²) in [5, 5.41) is 0. The molecule has 4 N–H and O–H groups in total. The molecule has 0 bridgehead atoms. The van der Waals surface area contributed by atoms with Gasteiger partial charge in [-0.3, -0.25) is 0 Å². The van der Waals surface area contributed by atoms with E-state index in [9.17, 15) is 0 Å². The zero-order chi connectivity index (χ0) is 19.0. The minimum Gasteiger partial charge on any atom is -0.327 e. The first kappa shape index (κ1) is 24.9. The molecule has 0 aliphatic carbocycles. The van der Waals surface area contributed by atoms with Gasteiger partial charge >= 0.3 is 0 Å². The normalized spacial score (nSPS) is 16.6. The molecule has 0 saturated heterocycles. The zero-order valence-corrected chi connectivity index (χ0v) is 18.1. The van der Waals surface area contributed by atoms with Gasteiger partial charge in [-0.1, -0.05) is 98.3 Å². The first-order chi connectivity index (χ1) is 12.0. The van der Waals surface area contributed by atoms with Crippen LogP contribution in [0.15, 0.2) is 0 Å². The van der Waals surface area contributed by atoms with Gasteiger partial charge in [-0.2, -0.15) is 0 Å². The maximum atomic E-state index is 6.54. The number of rotatable bonds is 18. The molecule has 0 aromatic carbocycles. The van der Waals surface area contributed by atoms with Crippen molar-refractivity contribution in [1.29, 1.82) is 0 Å². The van der Waals surface area contributed by atoms with Crippen molar-refractivity contribution in [3.05, 3.63) is 0 Å². The summed E-state index contributed by atoms with van der Waals surface area (Å²) in [6, 6.07) is 0.428. The summed E-state index contributed by atoms with van der Waals surface area (Å²) >= 11 is 0. The first-order valence-electron chi connectivity index (χ1n) is 11.6. The standard InChI is InChI=1S/C23H50N2/c1-5-9-17-21(7-3)22(24)18-15-13-11-12-14-16-20-23(25,8-4)19-10-6-2/h21-22H,5-20,24-25H2,1-4H3. The van der Waals surface area contributed by atoms with E-state index in [-0.39, 0.29) is 5.54 Å². The van der Waals surface area contributed by atoms with Crippen LogP contribution in [0.25, 0.3) is 0 Å². The van der Waals surface area contributed by atoms with Crippen LogP contribution < -0.4 is 11.5 Å². The second-order valence-electron chi connectivity index (χ2n) is 8.45. The van der Waals surface area contributed by atoms with E-state index in [0.717, 1.165) is 12.3 Å². The average molecular weight is 355 g/mol. The lowest BCUT2D eigenvalue weighted by Gasteiger charge is -2.28. The molecular formula is C23H50N2. The second kappa shape index (κ2) is 16.1. The van der Waals surface area contributed by atoms with Crippen molar-refractivity contribution in [2.75, 3.05) is 0 Å². The van der Waals surface area contributed by atoms with E-state index in [1.807, 2.05) is 0 Å². The highest BCUT2D eigenvalue weighted by atomic mass is 14.7. The van der Waals surface area contributed by atoms with Crippen molar-refractivity contribution < 1.29 is 0 Å². The quantitative estimate of drug-likeness (QED) is 0.262. The number of hydrogen-bond donors (Lipinski definition) is 2. The Bertz CT molecular complexity index is 279. The minimum absolute atomic E-state index is 0.108. The number of unbranched alkanes of at least 4 members (excludes halogenated alkanes) is 7. The molecule has 3 unspecified atom stereocenters. The van der Waals surface area contributed by atoms with Crippen LogP contribution >= 0.6 is 0 Å². The molecule has 2 heteroatoms. The minimum atomic E-state index is 0.108. The van der Waals surface area contributed by atoms with E-state index in [1.165, 1.54) is 96.3 Å². The lowest BCUT2D eigenvalue weighted by atomic mass is 9.85. The average Bonchev–Trinajstić information content (AvgIpc) is 2.62. The molecule has 152 valence electrons. The monoisotopic (exact) mass is 354 g/mol. The van der Waals surface area contributed by atoms with E-state index >= 15 is 0 Å². The third kappa shape index (κ3) is 12.8. The van der Waals surface area contributed by atoms with E-state index in [4.69, 9.17) is 11.5 Å². The number of nitrogens with two attached hydrogens (primary N) is 2. The molecular weight excluding hydrogens is 304 g/mol. The molecule has 0 spiro atoms. The molecule has 0 saturated carbocycles. The molecule has 0 aromatic rings. The smallest absolute Gasteiger partial charge is 0.0151 e. The van der Waals surface area contributed by atoms with Crippen LogP contribution in [-0.4, -0.2) is 11.6 Å². The van der Waals surface area contributed by atoms with Crippen molar-refractivity contribution in [2.24, 2.45) is 17.4 Å². The second-order valence-corrected chi connectivity index (χ2v) is 8.45. The SMILES string of the molecule is CCCCC(CC)C(N)CCCCCCCCC(N)(CC)CCCC. The highest BCUT2D eigenvalue weighted by Crippen LogP contribution is 2.23. The molecule has 0 heterocycles. The summed E-state index contributed by atoms with van der Waals surface area (Å²) in [4.78, 5) is 0. The van der Waals surface area contributed by atoms with E-state index in [2.05, 4.69) is 27.7 Å². The third-order valence-corrected chi connectivity index (χ3v) is 6.25. The van der Waals surface area contributed by atoms with Crippen molar-refractivity contribution >= 4 is 0 Å². The van der Waals surface area contributed by atoms with Gasteiger partial charge in [0, 0.05) is 11.6 Å². The highest BCUT2D eigenvalue weighted by molar-refractivity contribution is 4.82. The van der Waals surface area contributed by atoms with Crippen LogP contribution in [0, 0.1) is 5.92 Å². The first-order valence-corrected chi connectivity index (χ1v) is 11.6. The van der Waals surface area contributed by atoms with Gasteiger partial charge in [-0.05, 0) is 38.0 Å². The maximum absolute atomic E-state index is 6.54. The van der Waals surface area contributed by atoms with Gasteiger partial charge in [0.2, 0.25) is 0 Å². The Labute approximate surface area is 159 Å². The Hall–Kier alpha value is -0.0800. The van der Waals surface area contributed by atoms with Gasteiger partial charge in [0.1, 0.15) is 0 Å². The van der Waals surface area contributed by atoms with E-state index in [0.29, 0.717) is 6.04 Å². The van der Waals surface area contributed by atoms with Crippen LogP contribution in [0.2, 0.25) is 0 Å². The van der Waals surface area contributed by atoms with Crippen molar-refractivity contribution in [3.63, 3.8) is 0 Å². The highest BCUT2D eigenvalue weighted by Gasteiger charge is 2.20. The summed E-state index contributed by atoms with van der Waals surface area (Å²) in [6.45, 7) is 9.09. The molecule has 3 atom stereocenters. The molecule has 0 aliphatic rings. The molecule has 25 heavy (non-hydrogen) atoms. The third-order valence-electron chi connectivity index (χ3n) is 6.25. The largest absolute Gasteiger partial charge is 0.327 e. The van der Waals surface area contributed by atoms with Gasteiger partial charge in [-0.15, -0.1) is 0 Å². The molecule has 0 fully saturated rings. The Kier molecular flexibility index (Phi) is 16.1. The predicted molar refractivity (Wildman–Crippen MR) is 115 cm³/mol. The lowest BCUT2D eigenvalue weighted by molar-refractivity contribution is 0.327. The Morgan fingerprint density at radius 1 is 0.680 bits per heavy atom.